The van der Waals surface area contributed by atoms with Gasteiger partial charge >= 0.3 is 0 Å². The highest BCUT2D eigenvalue weighted by Gasteiger charge is 2.30. The minimum Gasteiger partial charge on any atom is -0.293 e. The molecule has 2 aromatic heterocycles. The van der Waals surface area contributed by atoms with Gasteiger partial charge in [-0.15, -0.1) is 5.10 Å². The Labute approximate surface area is 209 Å². The predicted octanol–water partition coefficient (Wildman–Crippen LogP) is 5.96. The van der Waals surface area contributed by atoms with Gasteiger partial charge in [-0.05, 0) is 54.5 Å². The maximum atomic E-state index is 12.2. The molecule has 1 N–H and O–H groups in total. The fourth-order valence-corrected chi connectivity index (χ4v) is 5.51. The van der Waals surface area contributed by atoms with E-state index in [1.807, 2.05) is 12.3 Å². The number of anilines is 1. The third-order valence-corrected chi connectivity index (χ3v) is 8.09. The highest BCUT2D eigenvalue weighted by Crippen LogP contribution is 2.31. The van der Waals surface area contributed by atoms with Gasteiger partial charge in [-0.1, -0.05) is 73.1 Å². The van der Waals surface area contributed by atoms with Crippen LogP contribution in [0.5, 0.6) is 0 Å². The van der Waals surface area contributed by atoms with Crippen LogP contribution in [0.1, 0.15) is 44.2 Å². The summed E-state index contributed by atoms with van der Waals surface area (Å²) in [6.45, 7) is 4.41. The summed E-state index contributed by atoms with van der Waals surface area (Å²) in [5.74, 6) is 2.75. The summed E-state index contributed by atoms with van der Waals surface area (Å²) in [4.78, 5) is 16.8. The average Bonchev–Trinajstić information content (AvgIpc) is 3.68. The van der Waals surface area contributed by atoms with Gasteiger partial charge in [-0.2, -0.15) is 4.98 Å². The number of carbonyl (C=O) groups excluding carboxylic acids is 1. The summed E-state index contributed by atoms with van der Waals surface area (Å²) in [6, 6.07) is 14.6. The molecule has 6 nitrogen and oxygen atoms in total. The molecule has 7 heteroatoms. The third kappa shape index (κ3) is 5.68. The molecule has 0 spiro atoms. The van der Waals surface area contributed by atoms with Gasteiger partial charge in [0, 0.05) is 29.2 Å². The quantitative estimate of drug-likeness (QED) is 0.428. The van der Waals surface area contributed by atoms with Crippen molar-refractivity contribution in [1.29, 1.82) is 0 Å². The molecule has 0 aliphatic heterocycles. The minimum absolute atomic E-state index is 0.0133. The van der Waals surface area contributed by atoms with Crippen LogP contribution in [0.15, 0.2) is 83.0 Å². The van der Waals surface area contributed by atoms with Crippen LogP contribution < -0.4 is 5.32 Å². The number of benzene rings is 1. The molecule has 2 atom stereocenters. The Morgan fingerprint density at radius 2 is 1.94 bits per heavy atom. The second kappa shape index (κ2) is 10.5. The maximum absolute atomic E-state index is 12.2. The SMILES string of the molecule is CCC1C=C(N=S(CC)Cc2ccccc2)C=CC(c2cccn3nc(NC(=O)C4CC4)nc23)=C1. The van der Waals surface area contributed by atoms with E-state index in [9.17, 15) is 4.79 Å². The Balaban J connectivity index is 1.42. The molecule has 2 aliphatic carbocycles. The molecule has 2 unspecified atom stereocenters. The monoisotopic (exact) mass is 485 g/mol. The van der Waals surface area contributed by atoms with Crippen LogP contribution in [-0.2, 0) is 21.2 Å². The van der Waals surface area contributed by atoms with Crippen molar-refractivity contribution in [2.24, 2.45) is 16.2 Å². The van der Waals surface area contributed by atoms with Gasteiger partial charge in [0.1, 0.15) is 0 Å². The summed E-state index contributed by atoms with van der Waals surface area (Å²) in [5.41, 5.74) is 5.19. The van der Waals surface area contributed by atoms with E-state index in [1.165, 1.54) is 5.56 Å². The molecule has 2 heterocycles. The molecule has 35 heavy (non-hydrogen) atoms. The molecule has 2 aliphatic rings. The van der Waals surface area contributed by atoms with Crippen molar-refractivity contribution in [1.82, 2.24) is 14.6 Å². The number of hydrogen-bond acceptors (Lipinski definition) is 4. The first-order chi connectivity index (χ1) is 17.1. The van der Waals surface area contributed by atoms with Crippen molar-refractivity contribution in [3.8, 4) is 0 Å². The first kappa shape index (κ1) is 23.4. The minimum atomic E-state index is -0.0683. The Morgan fingerprint density at radius 1 is 1.11 bits per heavy atom. The van der Waals surface area contributed by atoms with Crippen molar-refractivity contribution in [2.45, 2.75) is 38.9 Å². The van der Waals surface area contributed by atoms with E-state index in [1.54, 1.807) is 4.52 Å². The topological polar surface area (TPSA) is 71.7 Å². The summed E-state index contributed by atoms with van der Waals surface area (Å²) < 4.78 is 6.89. The van der Waals surface area contributed by atoms with E-state index in [0.717, 1.165) is 53.2 Å². The summed E-state index contributed by atoms with van der Waals surface area (Å²) in [5, 5.41) is 7.34. The molecule has 5 rings (SSSR count). The molecule has 0 saturated heterocycles. The van der Waals surface area contributed by atoms with Crippen molar-refractivity contribution in [2.75, 3.05) is 11.1 Å². The number of aromatic nitrogens is 3. The second-order valence-electron chi connectivity index (χ2n) is 8.98. The first-order valence-corrected chi connectivity index (χ1v) is 13.9. The number of fused-ring (bicyclic) bond motifs is 1. The van der Waals surface area contributed by atoms with Crippen LogP contribution >= 0.6 is 0 Å². The van der Waals surface area contributed by atoms with E-state index in [-0.39, 0.29) is 28.4 Å². The van der Waals surface area contributed by atoms with E-state index in [0.29, 0.717) is 5.95 Å². The van der Waals surface area contributed by atoms with Crippen molar-refractivity contribution >= 4 is 33.8 Å². The lowest BCUT2D eigenvalue weighted by Gasteiger charge is -2.08. The van der Waals surface area contributed by atoms with Crippen molar-refractivity contribution in [3.05, 3.63) is 89.8 Å². The zero-order chi connectivity index (χ0) is 24.2. The number of pyridine rings is 1. The van der Waals surface area contributed by atoms with Gasteiger partial charge < -0.3 is 0 Å². The lowest BCUT2D eigenvalue weighted by atomic mass is 9.99. The molecule has 1 amide bonds. The number of nitrogens with zero attached hydrogens (tertiary/aromatic N) is 4. The Bertz CT molecular complexity index is 1350. The lowest BCUT2D eigenvalue weighted by Crippen LogP contribution is -2.14. The molecule has 1 aromatic carbocycles. The van der Waals surface area contributed by atoms with Crippen LogP contribution in [-0.4, -0.2) is 26.3 Å². The van der Waals surface area contributed by atoms with Gasteiger partial charge in [-0.25, -0.2) is 8.88 Å². The molecular formula is C28H31N5OS. The largest absolute Gasteiger partial charge is 0.293 e. The van der Waals surface area contributed by atoms with Crippen LogP contribution in [0, 0.1) is 11.8 Å². The fraction of sp³-hybridized carbons (Fsp3) is 0.321. The highest BCUT2D eigenvalue weighted by atomic mass is 32.2. The van der Waals surface area contributed by atoms with Crippen LogP contribution in [0.4, 0.5) is 5.95 Å². The van der Waals surface area contributed by atoms with Gasteiger partial charge in [0.25, 0.3) is 0 Å². The van der Waals surface area contributed by atoms with E-state index in [2.05, 4.69) is 89.9 Å². The van der Waals surface area contributed by atoms with Gasteiger partial charge in [0.2, 0.25) is 11.9 Å². The number of rotatable bonds is 8. The molecule has 1 fully saturated rings. The van der Waals surface area contributed by atoms with Crippen molar-refractivity contribution in [3.63, 3.8) is 0 Å². The molecule has 1 saturated carbocycles. The van der Waals surface area contributed by atoms with Crippen molar-refractivity contribution < 1.29 is 4.79 Å². The molecule has 0 bridgehead atoms. The Hall–Kier alpha value is -3.32. The first-order valence-electron chi connectivity index (χ1n) is 12.3. The van der Waals surface area contributed by atoms with Gasteiger partial charge in [0.15, 0.2) is 5.65 Å². The Kier molecular flexibility index (Phi) is 7.04. The average molecular weight is 486 g/mol. The molecule has 180 valence electrons. The number of carbonyl (C=O) groups is 1. The standard InChI is InChI=1S/C28H31N5OS/c1-3-20-17-23(14-15-24(18-20)32-35(4-2)19-21-9-6-5-7-10-21)25-11-8-16-33-26(25)29-28(31-33)30-27(34)22-12-13-22/h5-11,14-18,20,22H,3-4,12-13,19H2,1-2H3,(H,30,31,34). The van der Waals surface area contributed by atoms with Gasteiger partial charge in [-0.3, -0.25) is 10.1 Å². The van der Waals surface area contributed by atoms with E-state index >= 15 is 0 Å². The summed E-state index contributed by atoms with van der Waals surface area (Å²) in [7, 11) is -0.0683. The highest BCUT2D eigenvalue weighted by molar-refractivity contribution is 7.86. The zero-order valence-electron chi connectivity index (χ0n) is 20.2. The predicted molar refractivity (Wildman–Crippen MR) is 144 cm³/mol. The molecular weight excluding hydrogens is 454 g/mol. The number of allylic oxidation sites excluding steroid dienone is 5. The maximum Gasteiger partial charge on any atom is 0.249 e. The smallest absolute Gasteiger partial charge is 0.249 e. The fourth-order valence-electron chi connectivity index (χ4n) is 4.12. The second-order valence-corrected chi connectivity index (χ2v) is 11.0. The number of nitrogens with one attached hydrogen (secondary N) is 1. The normalized spacial score (nSPS) is 18.7. The summed E-state index contributed by atoms with van der Waals surface area (Å²) >= 11 is 0. The Morgan fingerprint density at radius 3 is 2.69 bits per heavy atom. The number of amides is 1. The van der Waals surface area contributed by atoms with E-state index in [4.69, 9.17) is 4.36 Å². The van der Waals surface area contributed by atoms with Crippen LogP contribution in [0.25, 0.3) is 11.2 Å². The van der Waals surface area contributed by atoms with Gasteiger partial charge in [0.05, 0.1) is 5.70 Å². The van der Waals surface area contributed by atoms with E-state index < -0.39 is 0 Å². The lowest BCUT2D eigenvalue weighted by molar-refractivity contribution is -0.117. The summed E-state index contributed by atoms with van der Waals surface area (Å²) in [6.07, 6.45) is 13.6. The van der Waals surface area contributed by atoms with Crippen LogP contribution in [0.2, 0.25) is 0 Å². The third-order valence-electron chi connectivity index (χ3n) is 6.28. The number of hydrogen-bond donors (Lipinski definition) is 1. The molecule has 0 radical (unpaired) electrons. The molecule has 3 aromatic rings. The van der Waals surface area contributed by atoms with Crippen LogP contribution in [0.3, 0.4) is 0 Å². The zero-order valence-corrected chi connectivity index (χ0v) is 21.0.